The van der Waals surface area contributed by atoms with E-state index in [2.05, 4.69) is 42.3 Å². The van der Waals surface area contributed by atoms with Gasteiger partial charge in [-0.3, -0.25) is 0 Å². The quantitative estimate of drug-likeness (QED) is 0.692. The molecule has 0 N–H and O–H groups in total. The normalized spacial score (nSPS) is 17.3. The number of aromatic nitrogens is 2. The van der Waals surface area contributed by atoms with Gasteiger partial charge in [0, 0.05) is 17.5 Å². The number of benzene rings is 1. The van der Waals surface area contributed by atoms with Gasteiger partial charge in [0.15, 0.2) is 0 Å². The SMILES string of the molecule is [B]1C2=C(CCCC2)n2cc(-c3ccccc3)nc21. The highest BCUT2D eigenvalue weighted by molar-refractivity contribution is 6.62. The number of rotatable bonds is 1. The summed E-state index contributed by atoms with van der Waals surface area (Å²) in [5.41, 5.74) is 6.37. The number of nitrogens with zero attached hydrogens (tertiary/aromatic N) is 2. The van der Waals surface area contributed by atoms with Crippen molar-refractivity contribution in [3.05, 3.63) is 42.0 Å². The van der Waals surface area contributed by atoms with Crippen molar-refractivity contribution < 1.29 is 0 Å². The molecule has 0 spiro atoms. The van der Waals surface area contributed by atoms with E-state index in [4.69, 9.17) is 4.98 Å². The smallest absolute Gasteiger partial charge is 0.237 e. The predicted octanol–water partition coefficient (Wildman–Crippen LogP) is 2.64. The molecule has 87 valence electrons. The molecular weight excluding hydrogens is 219 g/mol. The van der Waals surface area contributed by atoms with Gasteiger partial charge in [-0.05, 0) is 25.7 Å². The van der Waals surface area contributed by atoms with E-state index in [1.165, 1.54) is 42.4 Å². The maximum atomic E-state index is 4.75. The number of hydrogen-bond donors (Lipinski definition) is 0. The van der Waals surface area contributed by atoms with E-state index in [-0.39, 0.29) is 0 Å². The zero-order valence-electron chi connectivity index (χ0n) is 10.3. The van der Waals surface area contributed by atoms with Crippen LogP contribution < -0.4 is 5.72 Å². The van der Waals surface area contributed by atoms with Crippen LogP contribution in [0.25, 0.3) is 17.0 Å². The average molecular weight is 233 g/mol. The fourth-order valence-corrected chi connectivity index (χ4v) is 2.96. The number of allylic oxidation sites excluding steroid dienone is 2. The standard InChI is InChI=1S/C15H14BN2/c1-2-6-11(7-3-1)13-10-18-14-9-5-4-8-12(14)16-15(18)17-13/h1-3,6-7,10H,4-5,8-9H2. The molecule has 0 atom stereocenters. The van der Waals surface area contributed by atoms with Crippen LogP contribution in [-0.2, 0) is 0 Å². The Hall–Kier alpha value is -1.77. The molecule has 1 aliphatic carbocycles. The Morgan fingerprint density at radius 2 is 1.89 bits per heavy atom. The van der Waals surface area contributed by atoms with E-state index in [1.54, 1.807) is 0 Å². The van der Waals surface area contributed by atoms with E-state index in [0.717, 1.165) is 11.4 Å². The molecule has 2 aliphatic rings. The zero-order valence-corrected chi connectivity index (χ0v) is 10.3. The molecule has 4 rings (SSSR count). The van der Waals surface area contributed by atoms with Crippen LogP contribution >= 0.6 is 0 Å². The van der Waals surface area contributed by atoms with Gasteiger partial charge in [-0.2, -0.15) is 0 Å². The van der Waals surface area contributed by atoms with Crippen molar-refractivity contribution in [2.75, 3.05) is 0 Å². The molecule has 0 amide bonds. The Morgan fingerprint density at radius 1 is 1.06 bits per heavy atom. The van der Waals surface area contributed by atoms with Crippen molar-refractivity contribution in [1.29, 1.82) is 0 Å². The minimum Gasteiger partial charge on any atom is -0.316 e. The van der Waals surface area contributed by atoms with Crippen molar-refractivity contribution in [3.8, 4) is 11.3 Å². The first-order chi connectivity index (χ1) is 8.92. The van der Waals surface area contributed by atoms with Gasteiger partial charge in [-0.1, -0.05) is 35.8 Å². The Labute approximate surface area is 108 Å². The molecule has 3 heteroatoms. The van der Waals surface area contributed by atoms with Crippen LogP contribution in [0.1, 0.15) is 25.7 Å². The predicted molar refractivity (Wildman–Crippen MR) is 74.7 cm³/mol. The van der Waals surface area contributed by atoms with Gasteiger partial charge in [0.1, 0.15) is 0 Å². The topological polar surface area (TPSA) is 17.8 Å². The van der Waals surface area contributed by atoms with Crippen LogP contribution in [0.3, 0.4) is 0 Å². The van der Waals surface area contributed by atoms with Crippen LogP contribution in [0, 0.1) is 0 Å². The highest BCUT2D eigenvalue weighted by Gasteiger charge is 2.26. The fraction of sp³-hybridized carbons (Fsp3) is 0.267. The lowest BCUT2D eigenvalue weighted by molar-refractivity contribution is 0.716. The third-order valence-electron chi connectivity index (χ3n) is 3.88. The first kappa shape index (κ1) is 10.2. The number of fused-ring (bicyclic) bond motifs is 2. The molecule has 2 nitrogen and oxygen atoms in total. The first-order valence-electron chi connectivity index (χ1n) is 6.64. The molecule has 0 saturated heterocycles. The highest BCUT2D eigenvalue weighted by Crippen LogP contribution is 2.31. The molecule has 1 aromatic heterocycles. The van der Waals surface area contributed by atoms with Gasteiger partial charge < -0.3 is 4.57 Å². The van der Waals surface area contributed by atoms with Crippen LogP contribution in [0.2, 0.25) is 0 Å². The third kappa shape index (κ3) is 1.47. The van der Waals surface area contributed by atoms with Crippen molar-refractivity contribution >= 4 is 18.7 Å². The largest absolute Gasteiger partial charge is 0.316 e. The molecule has 0 fully saturated rings. The fourth-order valence-electron chi connectivity index (χ4n) is 2.96. The summed E-state index contributed by atoms with van der Waals surface area (Å²) in [5, 5.41) is 0. The summed E-state index contributed by atoms with van der Waals surface area (Å²) < 4.78 is 2.29. The van der Waals surface area contributed by atoms with Gasteiger partial charge in [0.25, 0.3) is 0 Å². The summed E-state index contributed by atoms with van der Waals surface area (Å²) in [6.45, 7) is 0. The van der Waals surface area contributed by atoms with E-state index in [1.807, 2.05) is 6.07 Å². The summed E-state index contributed by atoms with van der Waals surface area (Å²) in [6.07, 6.45) is 7.24. The lowest BCUT2D eigenvalue weighted by Gasteiger charge is -2.14. The second-order valence-electron chi connectivity index (χ2n) is 5.04. The molecular formula is C15H14BN2. The molecule has 0 bridgehead atoms. The van der Waals surface area contributed by atoms with E-state index < -0.39 is 0 Å². The molecule has 1 aromatic carbocycles. The Kier molecular flexibility index (Phi) is 2.19. The lowest BCUT2D eigenvalue weighted by Crippen LogP contribution is -2.19. The molecule has 18 heavy (non-hydrogen) atoms. The van der Waals surface area contributed by atoms with Gasteiger partial charge in [-0.25, -0.2) is 4.98 Å². The van der Waals surface area contributed by atoms with Crippen molar-refractivity contribution in [3.63, 3.8) is 0 Å². The Balaban J connectivity index is 1.78. The van der Waals surface area contributed by atoms with Crippen LogP contribution in [-0.4, -0.2) is 16.8 Å². The molecule has 1 aliphatic heterocycles. The highest BCUT2D eigenvalue weighted by atomic mass is 15.1. The molecule has 2 aromatic rings. The molecule has 0 saturated carbocycles. The van der Waals surface area contributed by atoms with Gasteiger partial charge in [0.05, 0.1) is 11.4 Å². The van der Waals surface area contributed by atoms with E-state index in [9.17, 15) is 0 Å². The second-order valence-corrected chi connectivity index (χ2v) is 5.04. The molecule has 2 heterocycles. The summed E-state index contributed by atoms with van der Waals surface area (Å²) in [6, 6.07) is 10.4. The third-order valence-corrected chi connectivity index (χ3v) is 3.88. The van der Waals surface area contributed by atoms with Crippen LogP contribution in [0.4, 0.5) is 0 Å². The second kappa shape index (κ2) is 3.87. The van der Waals surface area contributed by atoms with Crippen molar-refractivity contribution in [2.24, 2.45) is 0 Å². The Morgan fingerprint density at radius 3 is 2.78 bits per heavy atom. The van der Waals surface area contributed by atoms with Crippen LogP contribution in [0.15, 0.2) is 42.0 Å². The zero-order chi connectivity index (χ0) is 11.9. The Bertz CT molecular complexity index is 625. The van der Waals surface area contributed by atoms with Gasteiger partial charge in [0.2, 0.25) is 7.28 Å². The average Bonchev–Trinajstić information content (AvgIpc) is 2.97. The minimum absolute atomic E-state index is 1.08. The molecule has 1 radical (unpaired) electrons. The van der Waals surface area contributed by atoms with E-state index >= 15 is 0 Å². The van der Waals surface area contributed by atoms with Crippen molar-refractivity contribution in [2.45, 2.75) is 25.7 Å². The van der Waals surface area contributed by atoms with Crippen LogP contribution in [0.5, 0.6) is 0 Å². The maximum absolute atomic E-state index is 4.75. The summed E-state index contributed by atoms with van der Waals surface area (Å²) in [7, 11) is 2.26. The molecule has 0 unspecified atom stereocenters. The lowest BCUT2D eigenvalue weighted by atomic mass is 9.67. The minimum atomic E-state index is 1.08. The van der Waals surface area contributed by atoms with Crippen molar-refractivity contribution in [1.82, 2.24) is 9.55 Å². The number of hydrogen-bond acceptors (Lipinski definition) is 1. The van der Waals surface area contributed by atoms with Gasteiger partial charge >= 0.3 is 0 Å². The van der Waals surface area contributed by atoms with Gasteiger partial charge in [-0.15, -0.1) is 0 Å². The summed E-state index contributed by atoms with van der Waals surface area (Å²) in [4.78, 5) is 4.75. The van der Waals surface area contributed by atoms with E-state index in [0.29, 0.717) is 0 Å². The first-order valence-corrected chi connectivity index (χ1v) is 6.64. The maximum Gasteiger partial charge on any atom is 0.237 e. The number of imidazole rings is 1. The summed E-state index contributed by atoms with van der Waals surface area (Å²) >= 11 is 0. The monoisotopic (exact) mass is 233 g/mol. The summed E-state index contributed by atoms with van der Waals surface area (Å²) in [5.74, 6) is 0.